The fourth-order valence-corrected chi connectivity index (χ4v) is 5.13. The highest BCUT2D eigenvalue weighted by atomic mass is 35.5. The molecule has 1 atom stereocenters. The molecule has 188 valence electrons. The molecule has 1 amide bonds. The maximum Gasteiger partial charge on any atom is 0.285 e. The van der Waals surface area contributed by atoms with E-state index in [1.807, 2.05) is 11.6 Å². The van der Waals surface area contributed by atoms with E-state index in [-0.39, 0.29) is 16.3 Å². The molecule has 1 aromatic carbocycles. The van der Waals surface area contributed by atoms with Crippen LogP contribution in [0.15, 0.2) is 50.9 Å². The highest BCUT2D eigenvalue weighted by Gasteiger charge is 2.26. The summed E-state index contributed by atoms with van der Waals surface area (Å²) in [5.41, 5.74) is 2.48. The number of nitrogens with zero attached hydrogens (tertiary/aromatic N) is 3. The number of carbonyl (C=O) groups is 1. The summed E-state index contributed by atoms with van der Waals surface area (Å²) in [5, 5.41) is 3.89. The van der Waals surface area contributed by atoms with E-state index in [1.54, 1.807) is 50.1 Å². The first kappa shape index (κ1) is 25.4. The lowest BCUT2D eigenvalue weighted by atomic mass is 10.0. The van der Waals surface area contributed by atoms with Crippen LogP contribution in [-0.2, 0) is 21.9 Å². The molecule has 0 bridgehead atoms. The summed E-state index contributed by atoms with van der Waals surface area (Å²) in [7, 11) is -2.59. The number of halogens is 1. The first-order chi connectivity index (χ1) is 16.9. The Morgan fingerprint density at radius 3 is 2.61 bits per heavy atom. The number of aryl methyl sites for hydroxylation is 2. The molecule has 1 N–H and O–H groups in total. The monoisotopic (exact) mass is 530 g/mol. The van der Waals surface area contributed by atoms with Crippen molar-refractivity contribution in [3.8, 4) is 17.1 Å². The molecule has 0 aliphatic heterocycles. The maximum atomic E-state index is 13.3. The molecule has 0 fully saturated rings. The van der Waals surface area contributed by atoms with Gasteiger partial charge in [0.15, 0.2) is 11.2 Å². The SMILES string of the molecule is CC(=O)NS(=O)(=O)c1nc(Cl)ccc1O[C@H](C)c1cc(C)cc2c(=O)c(C)c(-c3cnn(C)c3)oc12. The van der Waals surface area contributed by atoms with E-state index in [4.69, 9.17) is 20.8 Å². The van der Waals surface area contributed by atoms with Gasteiger partial charge >= 0.3 is 0 Å². The zero-order valence-corrected chi connectivity index (χ0v) is 21.7. The number of nitrogens with one attached hydrogen (secondary N) is 1. The molecule has 4 aromatic rings. The van der Waals surface area contributed by atoms with E-state index >= 15 is 0 Å². The van der Waals surface area contributed by atoms with E-state index in [0.717, 1.165) is 12.5 Å². The summed E-state index contributed by atoms with van der Waals surface area (Å²) in [6.45, 7) is 6.26. The molecule has 0 unspecified atom stereocenters. The average molecular weight is 531 g/mol. The largest absolute Gasteiger partial charge is 0.483 e. The highest BCUT2D eigenvalue weighted by Crippen LogP contribution is 2.34. The van der Waals surface area contributed by atoms with Crippen LogP contribution in [0.4, 0.5) is 0 Å². The summed E-state index contributed by atoms with van der Waals surface area (Å²) in [5.74, 6) is -0.544. The second-order valence-corrected chi connectivity index (χ2v) is 10.4. The number of rotatable bonds is 6. The number of amides is 1. The van der Waals surface area contributed by atoms with Crippen LogP contribution < -0.4 is 14.9 Å². The van der Waals surface area contributed by atoms with E-state index in [1.165, 1.54) is 12.1 Å². The maximum absolute atomic E-state index is 13.3. The van der Waals surface area contributed by atoms with Crippen LogP contribution in [0, 0.1) is 13.8 Å². The summed E-state index contributed by atoms with van der Waals surface area (Å²) < 4.78 is 41.1. The van der Waals surface area contributed by atoms with Crippen LogP contribution in [0.1, 0.15) is 36.6 Å². The minimum Gasteiger partial charge on any atom is -0.483 e. The van der Waals surface area contributed by atoms with Gasteiger partial charge in [0.2, 0.25) is 10.9 Å². The predicted octanol–water partition coefficient (Wildman–Crippen LogP) is 3.82. The molecule has 0 saturated carbocycles. The summed E-state index contributed by atoms with van der Waals surface area (Å²) in [6, 6.07) is 6.24. The van der Waals surface area contributed by atoms with Crippen molar-refractivity contribution in [1.82, 2.24) is 19.5 Å². The number of aromatic nitrogens is 3. The average Bonchev–Trinajstić information content (AvgIpc) is 3.22. The molecule has 0 radical (unpaired) electrons. The lowest BCUT2D eigenvalue weighted by Crippen LogP contribution is -2.29. The van der Waals surface area contributed by atoms with Gasteiger partial charge in [0, 0.05) is 31.3 Å². The van der Waals surface area contributed by atoms with Crippen LogP contribution in [0.3, 0.4) is 0 Å². The minimum absolute atomic E-state index is 0.0949. The first-order valence-corrected chi connectivity index (χ1v) is 12.7. The highest BCUT2D eigenvalue weighted by molar-refractivity contribution is 7.90. The second-order valence-electron chi connectivity index (χ2n) is 8.38. The van der Waals surface area contributed by atoms with Crippen molar-refractivity contribution in [3.63, 3.8) is 0 Å². The zero-order chi connectivity index (χ0) is 26.4. The van der Waals surface area contributed by atoms with Gasteiger partial charge in [-0.15, -0.1) is 0 Å². The number of pyridine rings is 1. The number of hydrogen-bond acceptors (Lipinski definition) is 8. The van der Waals surface area contributed by atoms with Gasteiger partial charge in [0.1, 0.15) is 22.6 Å². The van der Waals surface area contributed by atoms with Gasteiger partial charge in [-0.2, -0.15) is 13.5 Å². The van der Waals surface area contributed by atoms with Crippen molar-refractivity contribution < 1.29 is 22.4 Å². The van der Waals surface area contributed by atoms with Gasteiger partial charge < -0.3 is 9.15 Å². The minimum atomic E-state index is -4.35. The van der Waals surface area contributed by atoms with Gasteiger partial charge in [-0.05, 0) is 50.6 Å². The Labute approximate surface area is 211 Å². The first-order valence-electron chi connectivity index (χ1n) is 10.8. The third kappa shape index (κ3) is 4.84. The van der Waals surface area contributed by atoms with E-state index in [2.05, 4.69) is 10.1 Å². The molecule has 3 aromatic heterocycles. The number of carbonyl (C=O) groups excluding carboxylic acids is 1. The molecule has 3 heterocycles. The third-order valence-corrected chi connectivity index (χ3v) is 6.99. The third-order valence-electron chi connectivity index (χ3n) is 5.42. The topological polar surface area (TPSA) is 133 Å². The Bertz CT molecular complexity index is 1680. The molecular weight excluding hydrogens is 508 g/mol. The number of benzene rings is 1. The second kappa shape index (κ2) is 9.40. The fraction of sp³-hybridized carbons (Fsp3) is 0.250. The van der Waals surface area contributed by atoms with Crippen LogP contribution in [0.5, 0.6) is 5.75 Å². The van der Waals surface area contributed by atoms with Crippen molar-refractivity contribution in [2.75, 3.05) is 0 Å². The Kier molecular flexibility index (Phi) is 6.63. The van der Waals surface area contributed by atoms with Crippen molar-refractivity contribution >= 4 is 38.5 Å². The van der Waals surface area contributed by atoms with Crippen LogP contribution in [0.2, 0.25) is 5.15 Å². The molecule has 36 heavy (non-hydrogen) atoms. The smallest absolute Gasteiger partial charge is 0.285 e. The summed E-state index contributed by atoms with van der Waals surface area (Å²) in [6.07, 6.45) is 2.56. The van der Waals surface area contributed by atoms with Crippen molar-refractivity contribution in [2.45, 2.75) is 38.8 Å². The zero-order valence-electron chi connectivity index (χ0n) is 20.1. The normalized spacial score (nSPS) is 12.5. The number of ether oxygens (including phenoxy) is 1. The molecule has 0 aliphatic carbocycles. The number of fused-ring (bicyclic) bond motifs is 1. The van der Waals surface area contributed by atoms with Crippen molar-refractivity contribution in [2.24, 2.45) is 7.05 Å². The number of hydrogen-bond donors (Lipinski definition) is 1. The van der Waals surface area contributed by atoms with E-state index in [9.17, 15) is 18.0 Å². The standard InChI is InChI=1S/C24H23ClN4O6S/c1-12-8-17(14(3)34-19-6-7-20(25)27-24(19)36(32,33)28-15(4)30)23-18(9-12)21(31)13(2)22(35-23)16-10-26-29(5)11-16/h6-11,14H,1-5H3,(H,28,30)/t14-/m1/s1. The van der Waals surface area contributed by atoms with Gasteiger partial charge in [0.05, 0.1) is 17.1 Å². The Morgan fingerprint density at radius 2 is 1.97 bits per heavy atom. The molecule has 4 rings (SSSR count). The van der Waals surface area contributed by atoms with Crippen LogP contribution in [0.25, 0.3) is 22.3 Å². The molecule has 0 spiro atoms. The molecular formula is C24H23ClN4O6S. The number of sulfonamides is 1. The van der Waals surface area contributed by atoms with Crippen molar-refractivity contribution in [3.05, 3.63) is 68.7 Å². The van der Waals surface area contributed by atoms with E-state index < -0.39 is 27.1 Å². The molecule has 12 heteroatoms. The predicted molar refractivity (Wildman–Crippen MR) is 133 cm³/mol. The fourth-order valence-electron chi connectivity index (χ4n) is 3.86. The summed E-state index contributed by atoms with van der Waals surface area (Å²) >= 11 is 5.92. The van der Waals surface area contributed by atoms with Gasteiger partial charge in [-0.1, -0.05) is 11.6 Å². The molecule has 10 nitrogen and oxygen atoms in total. The Morgan fingerprint density at radius 1 is 1.25 bits per heavy atom. The molecule has 0 saturated heterocycles. The summed E-state index contributed by atoms with van der Waals surface area (Å²) in [4.78, 5) is 28.6. The van der Waals surface area contributed by atoms with Crippen LogP contribution in [-0.4, -0.2) is 29.1 Å². The Hall–Kier alpha value is -3.70. The van der Waals surface area contributed by atoms with Crippen molar-refractivity contribution in [1.29, 1.82) is 0 Å². The lowest BCUT2D eigenvalue weighted by molar-refractivity contribution is -0.117. The Balaban J connectivity index is 1.86. The van der Waals surface area contributed by atoms with Gasteiger partial charge in [-0.3, -0.25) is 14.3 Å². The van der Waals surface area contributed by atoms with Crippen LogP contribution >= 0.6 is 11.6 Å². The lowest BCUT2D eigenvalue weighted by Gasteiger charge is -2.19. The van der Waals surface area contributed by atoms with Gasteiger partial charge in [0.25, 0.3) is 10.0 Å². The van der Waals surface area contributed by atoms with E-state index in [0.29, 0.717) is 33.4 Å². The van der Waals surface area contributed by atoms with Gasteiger partial charge in [-0.25, -0.2) is 9.71 Å². The molecule has 0 aliphatic rings. The quantitative estimate of drug-likeness (QED) is 0.372.